The second-order valence-corrected chi connectivity index (χ2v) is 4.84. The third-order valence-electron chi connectivity index (χ3n) is 3.34. The van der Waals surface area contributed by atoms with Crippen molar-refractivity contribution in [2.24, 2.45) is 0 Å². The fourth-order valence-electron chi connectivity index (χ4n) is 2.22. The van der Waals surface area contributed by atoms with Gasteiger partial charge in [0.2, 0.25) is 0 Å². The Hall–Kier alpha value is -0.890. The van der Waals surface area contributed by atoms with E-state index in [1.165, 1.54) is 11.3 Å². The van der Waals surface area contributed by atoms with Crippen LogP contribution in [0.5, 0.6) is 0 Å². The maximum absolute atomic E-state index is 6.06. The molecule has 1 aliphatic heterocycles. The van der Waals surface area contributed by atoms with Crippen molar-refractivity contribution in [3.05, 3.63) is 22.7 Å². The zero-order valence-corrected chi connectivity index (χ0v) is 10.4. The lowest BCUT2D eigenvalue weighted by atomic mass is 10.0. The first-order valence-electron chi connectivity index (χ1n) is 5.30. The average molecular weight is 225 g/mol. The van der Waals surface area contributed by atoms with E-state index in [0.717, 1.165) is 10.7 Å². The number of likely N-dealkylation sites (N-methyl/N-ethyl adjacent to an activating group) is 1. The van der Waals surface area contributed by atoms with Gasteiger partial charge < -0.3 is 10.2 Å². The van der Waals surface area contributed by atoms with E-state index < -0.39 is 0 Å². The summed E-state index contributed by atoms with van der Waals surface area (Å²) in [5.41, 5.74) is 3.64. The van der Waals surface area contributed by atoms with Gasteiger partial charge >= 0.3 is 0 Å². The van der Waals surface area contributed by atoms with Crippen LogP contribution in [0, 0.1) is 6.92 Å². The minimum Gasteiger partial charge on any atom is -0.379 e. The Bertz CT molecular complexity index is 389. The average Bonchev–Trinajstić information content (AvgIpc) is 2.13. The van der Waals surface area contributed by atoms with Gasteiger partial charge in [-0.2, -0.15) is 0 Å². The Kier molecular flexibility index (Phi) is 2.55. The van der Waals surface area contributed by atoms with E-state index in [1.807, 2.05) is 12.1 Å². The van der Waals surface area contributed by atoms with E-state index in [-0.39, 0.29) is 0 Å². The molecule has 2 atom stereocenters. The molecule has 1 N–H and O–H groups in total. The second-order valence-electron chi connectivity index (χ2n) is 4.40. The molecule has 0 saturated heterocycles. The normalized spacial score (nSPS) is 24.7. The van der Waals surface area contributed by atoms with Gasteiger partial charge in [-0.05, 0) is 38.5 Å². The molecule has 0 fully saturated rings. The highest BCUT2D eigenvalue weighted by molar-refractivity contribution is 6.31. The van der Waals surface area contributed by atoms with Crippen molar-refractivity contribution in [3.63, 3.8) is 0 Å². The summed E-state index contributed by atoms with van der Waals surface area (Å²) in [4.78, 5) is 2.32. The quantitative estimate of drug-likeness (QED) is 0.728. The SMILES string of the molecule is Cc1cc(Cl)cc2c1N(C)C(C)C(C)N2. The van der Waals surface area contributed by atoms with Crippen LogP contribution in [0.4, 0.5) is 11.4 Å². The molecule has 0 aliphatic carbocycles. The summed E-state index contributed by atoms with van der Waals surface area (Å²) in [5, 5.41) is 4.30. The number of hydrogen-bond donors (Lipinski definition) is 1. The van der Waals surface area contributed by atoms with Gasteiger partial charge in [0.05, 0.1) is 11.4 Å². The number of halogens is 1. The molecule has 82 valence electrons. The van der Waals surface area contributed by atoms with Crippen LogP contribution in [-0.4, -0.2) is 19.1 Å². The van der Waals surface area contributed by atoms with Gasteiger partial charge in [-0.1, -0.05) is 11.6 Å². The van der Waals surface area contributed by atoms with E-state index in [0.29, 0.717) is 12.1 Å². The number of nitrogens with zero attached hydrogens (tertiary/aromatic N) is 1. The molecule has 0 aromatic heterocycles. The molecular formula is C12H17ClN2. The van der Waals surface area contributed by atoms with Crippen LogP contribution in [0.25, 0.3) is 0 Å². The number of aryl methyl sites for hydroxylation is 1. The Balaban J connectivity index is 2.55. The summed E-state index contributed by atoms with van der Waals surface area (Å²) in [7, 11) is 2.14. The Morgan fingerprint density at radius 1 is 1.33 bits per heavy atom. The summed E-state index contributed by atoms with van der Waals surface area (Å²) in [6.07, 6.45) is 0. The molecule has 1 aromatic carbocycles. The summed E-state index contributed by atoms with van der Waals surface area (Å²) in [6.45, 7) is 6.53. The molecule has 0 radical (unpaired) electrons. The zero-order valence-electron chi connectivity index (χ0n) is 9.63. The molecule has 2 nitrogen and oxygen atoms in total. The Morgan fingerprint density at radius 2 is 2.00 bits per heavy atom. The van der Waals surface area contributed by atoms with Gasteiger partial charge in [-0.15, -0.1) is 0 Å². The van der Waals surface area contributed by atoms with Crippen molar-refractivity contribution in [2.75, 3.05) is 17.3 Å². The highest BCUT2D eigenvalue weighted by Crippen LogP contribution is 2.37. The van der Waals surface area contributed by atoms with E-state index in [4.69, 9.17) is 11.6 Å². The lowest BCUT2D eigenvalue weighted by Crippen LogP contribution is -2.46. The largest absolute Gasteiger partial charge is 0.379 e. The highest BCUT2D eigenvalue weighted by atomic mass is 35.5. The fourth-order valence-corrected chi connectivity index (χ4v) is 2.49. The molecule has 1 aromatic rings. The minimum absolute atomic E-state index is 0.445. The second kappa shape index (κ2) is 3.60. The molecule has 3 heteroatoms. The number of fused-ring (bicyclic) bond motifs is 1. The molecule has 0 bridgehead atoms. The maximum atomic E-state index is 6.06. The summed E-state index contributed by atoms with van der Waals surface area (Å²) in [5.74, 6) is 0. The molecule has 0 saturated carbocycles. The lowest BCUT2D eigenvalue weighted by molar-refractivity contribution is 0.586. The smallest absolute Gasteiger partial charge is 0.0633 e. The summed E-state index contributed by atoms with van der Waals surface area (Å²) >= 11 is 6.06. The van der Waals surface area contributed by atoms with Crippen LogP contribution in [0.2, 0.25) is 5.02 Å². The zero-order chi connectivity index (χ0) is 11.2. The molecule has 2 unspecified atom stereocenters. The monoisotopic (exact) mass is 224 g/mol. The van der Waals surface area contributed by atoms with Crippen LogP contribution in [0.1, 0.15) is 19.4 Å². The molecule has 0 spiro atoms. The summed E-state index contributed by atoms with van der Waals surface area (Å²) in [6, 6.07) is 4.96. The van der Waals surface area contributed by atoms with E-state index in [2.05, 4.69) is 38.0 Å². The standard InChI is InChI=1S/C12H17ClN2/c1-7-5-10(13)6-11-12(7)15(4)9(3)8(2)14-11/h5-6,8-9,14H,1-4H3. The molecule has 1 heterocycles. The third-order valence-corrected chi connectivity index (χ3v) is 3.55. The first-order chi connectivity index (χ1) is 7.00. The van der Waals surface area contributed by atoms with Gasteiger partial charge in [0.1, 0.15) is 0 Å². The minimum atomic E-state index is 0.445. The van der Waals surface area contributed by atoms with Crippen LogP contribution in [-0.2, 0) is 0 Å². The van der Waals surface area contributed by atoms with Crippen LogP contribution >= 0.6 is 11.6 Å². The first-order valence-corrected chi connectivity index (χ1v) is 5.68. The van der Waals surface area contributed by atoms with Crippen molar-refractivity contribution in [1.82, 2.24) is 0 Å². The van der Waals surface area contributed by atoms with Gasteiger partial charge in [0.25, 0.3) is 0 Å². The van der Waals surface area contributed by atoms with E-state index >= 15 is 0 Å². The van der Waals surface area contributed by atoms with Gasteiger partial charge in [0, 0.05) is 24.2 Å². The number of rotatable bonds is 0. The fraction of sp³-hybridized carbons (Fsp3) is 0.500. The Labute approximate surface area is 96.2 Å². The number of benzene rings is 1. The van der Waals surface area contributed by atoms with Crippen molar-refractivity contribution < 1.29 is 0 Å². The van der Waals surface area contributed by atoms with Crippen molar-refractivity contribution >= 4 is 23.0 Å². The van der Waals surface area contributed by atoms with Crippen LogP contribution in [0.3, 0.4) is 0 Å². The van der Waals surface area contributed by atoms with Gasteiger partial charge in [-0.3, -0.25) is 0 Å². The maximum Gasteiger partial charge on any atom is 0.0633 e. The predicted molar refractivity (Wildman–Crippen MR) is 67.1 cm³/mol. The van der Waals surface area contributed by atoms with Gasteiger partial charge in [0.15, 0.2) is 0 Å². The predicted octanol–water partition coefficient (Wildman–Crippen LogP) is 3.29. The molecule has 1 aliphatic rings. The molecule has 2 rings (SSSR count). The van der Waals surface area contributed by atoms with Crippen molar-refractivity contribution in [3.8, 4) is 0 Å². The van der Waals surface area contributed by atoms with Gasteiger partial charge in [-0.25, -0.2) is 0 Å². The van der Waals surface area contributed by atoms with Crippen molar-refractivity contribution in [1.29, 1.82) is 0 Å². The first kappa shape index (κ1) is 10.6. The lowest BCUT2D eigenvalue weighted by Gasteiger charge is -2.40. The molecular weight excluding hydrogens is 208 g/mol. The topological polar surface area (TPSA) is 15.3 Å². The van der Waals surface area contributed by atoms with Crippen LogP contribution in [0.15, 0.2) is 12.1 Å². The third kappa shape index (κ3) is 1.67. The number of anilines is 2. The van der Waals surface area contributed by atoms with E-state index in [9.17, 15) is 0 Å². The van der Waals surface area contributed by atoms with E-state index in [1.54, 1.807) is 0 Å². The molecule has 15 heavy (non-hydrogen) atoms. The van der Waals surface area contributed by atoms with Crippen molar-refractivity contribution in [2.45, 2.75) is 32.9 Å². The van der Waals surface area contributed by atoms with Crippen LogP contribution < -0.4 is 10.2 Å². The summed E-state index contributed by atoms with van der Waals surface area (Å²) < 4.78 is 0. The Morgan fingerprint density at radius 3 is 2.67 bits per heavy atom. The molecule has 0 amide bonds. The number of nitrogens with one attached hydrogen (secondary N) is 1. The highest BCUT2D eigenvalue weighted by Gasteiger charge is 2.26. The number of hydrogen-bond acceptors (Lipinski definition) is 2.